The van der Waals surface area contributed by atoms with Gasteiger partial charge in [-0.05, 0) is 61.4 Å². The largest absolute Gasteiger partial charge is 0.341 e. The van der Waals surface area contributed by atoms with Crippen molar-refractivity contribution in [2.24, 2.45) is 0 Å². The Bertz CT molecular complexity index is 1110. The van der Waals surface area contributed by atoms with Crippen LogP contribution in [0.1, 0.15) is 47.5 Å². The zero-order valence-corrected chi connectivity index (χ0v) is 18.8. The molecule has 2 amide bonds. The van der Waals surface area contributed by atoms with Crippen LogP contribution in [0.15, 0.2) is 79.0 Å². The molecule has 3 aromatic rings. The number of pyridine rings is 1. The molecule has 5 heteroatoms. The van der Waals surface area contributed by atoms with Gasteiger partial charge in [0.25, 0.3) is 5.91 Å². The number of carbonyl (C=O) groups is 2. The lowest BCUT2D eigenvalue weighted by molar-refractivity contribution is -0.136. The summed E-state index contributed by atoms with van der Waals surface area (Å²) in [5, 5.41) is 0. The molecule has 0 spiro atoms. The predicted octanol–water partition coefficient (Wildman–Crippen LogP) is 4.76. The zero-order valence-electron chi connectivity index (χ0n) is 18.8. The van der Waals surface area contributed by atoms with Crippen molar-refractivity contribution in [2.45, 2.75) is 37.6 Å². The molecule has 1 atom stereocenters. The Balaban J connectivity index is 1.27. The van der Waals surface area contributed by atoms with Crippen LogP contribution in [0.25, 0.3) is 11.3 Å². The fraction of sp³-hybridized carbons (Fsp3) is 0.321. The van der Waals surface area contributed by atoms with E-state index in [9.17, 15) is 9.59 Å². The fourth-order valence-electron chi connectivity index (χ4n) is 5.15. The standard InChI is InChI=1S/C28H29N3O2/c32-27(24-11-6-10-23(20-24)25-12-4-5-16-29-25)31-17-7-13-26(31)28(33)30-18-14-22(15-19-30)21-8-2-1-3-9-21/h1-6,8-12,16,20,22,26H,7,13-15,17-19H2. The number of likely N-dealkylation sites (tertiary alicyclic amines) is 2. The summed E-state index contributed by atoms with van der Waals surface area (Å²) in [7, 11) is 0. The van der Waals surface area contributed by atoms with Crippen LogP contribution in [-0.4, -0.2) is 52.3 Å². The highest BCUT2D eigenvalue weighted by molar-refractivity contribution is 5.98. The van der Waals surface area contributed by atoms with E-state index in [-0.39, 0.29) is 17.9 Å². The summed E-state index contributed by atoms with van der Waals surface area (Å²) in [6, 6.07) is 23.5. The van der Waals surface area contributed by atoms with Crippen LogP contribution in [0.5, 0.6) is 0 Å². The average molecular weight is 440 g/mol. The van der Waals surface area contributed by atoms with Crippen LogP contribution in [-0.2, 0) is 4.79 Å². The molecule has 1 aromatic heterocycles. The minimum absolute atomic E-state index is 0.0668. The van der Waals surface area contributed by atoms with Crippen molar-refractivity contribution in [2.75, 3.05) is 19.6 Å². The SMILES string of the molecule is O=C(C1CCCN1C(=O)c1cccc(-c2ccccn2)c1)N1CCC(c2ccccc2)CC1. The first-order valence-corrected chi connectivity index (χ1v) is 11.9. The second-order valence-electron chi connectivity index (χ2n) is 8.96. The van der Waals surface area contributed by atoms with Gasteiger partial charge in [-0.15, -0.1) is 0 Å². The van der Waals surface area contributed by atoms with Crippen molar-refractivity contribution in [1.82, 2.24) is 14.8 Å². The molecular weight excluding hydrogens is 410 g/mol. The summed E-state index contributed by atoms with van der Waals surface area (Å²) in [6.07, 6.45) is 5.30. The highest BCUT2D eigenvalue weighted by atomic mass is 16.2. The third kappa shape index (κ3) is 4.54. The summed E-state index contributed by atoms with van der Waals surface area (Å²) in [6.45, 7) is 2.14. The van der Waals surface area contributed by atoms with E-state index in [1.165, 1.54) is 5.56 Å². The third-order valence-electron chi connectivity index (χ3n) is 6.95. The van der Waals surface area contributed by atoms with E-state index >= 15 is 0 Å². The predicted molar refractivity (Wildman–Crippen MR) is 129 cm³/mol. The van der Waals surface area contributed by atoms with Gasteiger partial charge in [0, 0.05) is 37.0 Å². The molecule has 0 aliphatic carbocycles. The molecule has 2 fully saturated rings. The lowest BCUT2D eigenvalue weighted by Gasteiger charge is -2.35. The molecule has 3 heterocycles. The van der Waals surface area contributed by atoms with E-state index in [4.69, 9.17) is 0 Å². The number of benzene rings is 2. The van der Waals surface area contributed by atoms with E-state index < -0.39 is 0 Å². The van der Waals surface area contributed by atoms with Gasteiger partial charge in [0.15, 0.2) is 0 Å². The lowest BCUT2D eigenvalue weighted by Crippen LogP contribution is -2.49. The Morgan fingerprint density at radius 2 is 1.61 bits per heavy atom. The molecule has 0 N–H and O–H groups in total. The normalized spacial score (nSPS) is 19.0. The lowest BCUT2D eigenvalue weighted by atomic mass is 9.89. The summed E-state index contributed by atoms with van der Waals surface area (Å²) in [5.74, 6) is 0.543. The van der Waals surface area contributed by atoms with Crippen LogP contribution >= 0.6 is 0 Å². The highest BCUT2D eigenvalue weighted by Gasteiger charge is 2.38. The number of amides is 2. The Kier molecular flexibility index (Phi) is 6.20. The number of nitrogens with zero attached hydrogens (tertiary/aromatic N) is 3. The molecule has 5 rings (SSSR count). The zero-order chi connectivity index (χ0) is 22.6. The first kappa shape index (κ1) is 21.4. The minimum atomic E-state index is -0.357. The number of rotatable bonds is 4. The van der Waals surface area contributed by atoms with Gasteiger partial charge in [-0.25, -0.2) is 0 Å². The first-order valence-electron chi connectivity index (χ1n) is 11.9. The van der Waals surface area contributed by atoms with Gasteiger partial charge in [-0.2, -0.15) is 0 Å². The van der Waals surface area contributed by atoms with Gasteiger partial charge >= 0.3 is 0 Å². The highest BCUT2D eigenvalue weighted by Crippen LogP contribution is 2.30. The van der Waals surface area contributed by atoms with Gasteiger partial charge in [0.2, 0.25) is 5.91 Å². The summed E-state index contributed by atoms with van der Waals surface area (Å²) < 4.78 is 0. The molecule has 0 bridgehead atoms. The molecule has 0 saturated carbocycles. The second-order valence-corrected chi connectivity index (χ2v) is 8.96. The van der Waals surface area contributed by atoms with Crippen molar-refractivity contribution in [1.29, 1.82) is 0 Å². The molecule has 0 radical (unpaired) electrons. The summed E-state index contributed by atoms with van der Waals surface area (Å²) in [5.41, 5.74) is 3.71. The first-order chi connectivity index (χ1) is 16.2. The van der Waals surface area contributed by atoms with Crippen LogP contribution in [0.2, 0.25) is 0 Å². The van der Waals surface area contributed by atoms with Gasteiger partial charge < -0.3 is 9.80 Å². The molecule has 2 saturated heterocycles. The molecule has 1 unspecified atom stereocenters. The van der Waals surface area contributed by atoms with Crippen molar-refractivity contribution in [3.8, 4) is 11.3 Å². The monoisotopic (exact) mass is 439 g/mol. The summed E-state index contributed by atoms with van der Waals surface area (Å²) >= 11 is 0. The van der Waals surface area contributed by atoms with E-state index in [1.54, 1.807) is 11.1 Å². The van der Waals surface area contributed by atoms with E-state index in [2.05, 4.69) is 29.2 Å². The number of carbonyl (C=O) groups excluding carboxylic acids is 2. The molecule has 2 aliphatic heterocycles. The fourth-order valence-corrected chi connectivity index (χ4v) is 5.15. The number of hydrogen-bond acceptors (Lipinski definition) is 3. The van der Waals surface area contributed by atoms with E-state index in [0.29, 0.717) is 18.0 Å². The Morgan fingerprint density at radius 1 is 0.818 bits per heavy atom. The smallest absolute Gasteiger partial charge is 0.254 e. The van der Waals surface area contributed by atoms with Gasteiger partial charge in [0.1, 0.15) is 6.04 Å². The van der Waals surface area contributed by atoms with Gasteiger partial charge in [-0.1, -0.05) is 48.5 Å². The quantitative estimate of drug-likeness (QED) is 0.589. The third-order valence-corrected chi connectivity index (χ3v) is 6.95. The molecule has 168 valence electrons. The summed E-state index contributed by atoms with van der Waals surface area (Å²) in [4.78, 5) is 34.9. The average Bonchev–Trinajstić information content (AvgIpc) is 3.39. The maximum atomic E-state index is 13.4. The maximum Gasteiger partial charge on any atom is 0.254 e. The van der Waals surface area contributed by atoms with Crippen molar-refractivity contribution < 1.29 is 9.59 Å². The number of piperidine rings is 1. The van der Waals surface area contributed by atoms with Crippen molar-refractivity contribution in [3.05, 3.63) is 90.1 Å². The number of aromatic nitrogens is 1. The van der Waals surface area contributed by atoms with Crippen LogP contribution in [0.4, 0.5) is 0 Å². The minimum Gasteiger partial charge on any atom is -0.341 e. The van der Waals surface area contributed by atoms with Crippen LogP contribution in [0, 0.1) is 0 Å². The number of hydrogen-bond donors (Lipinski definition) is 0. The Morgan fingerprint density at radius 3 is 2.36 bits per heavy atom. The van der Waals surface area contributed by atoms with Gasteiger partial charge in [-0.3, -0.25) is 14.6 Å². The molecule has 2 aliphatic rings. The van der Waals surface area contributed by atoms with Crippen LogP contribution < -0.4 is 0 Å². The second kappa shape index (κ2) is 9.57. The Labute approximate surface area is 195 Å². The topological polar surface area (TPSA) is 53.5 Å². The van der Waals surface area contributed by atoms with E-state index in [0.717, 1.165) is 50.0 Å². The van der Waals surface area contributed by atoms with Crippen molar-refractivity contribution >= 4 is 11.8 Å². The maximum absolute atomic E-state index is 13.4. The molecule has 33 heavy (non-hydrogen) atoms. The molecule has 5 nitrogen and oxygen atoms in total. The van der Waals surface area contributed by atoms with Crippen molar-refractivity contribution in [3.63, 3.8) is 0 Å². The Hall–Kier alpha value is -3.47. The molecular formula is C28H29N3O2. The van der Waals surface area contributed by atoms with Gasteiger partial charge in [0.05, 0.1) is 5.69 Å². The van der Waals surface area contributed by atoms with E-state index in [1.807, 2.05) is 53.4 Å². The van der Waals surface area contributed by atoms with Crippen LogP contribution in [0.3, 0.4) is 0 Å². The molecule has 2 aromatic carbocycles.